The van der Waals surface area contributed by atoms with Crippen LogP contribution in [0.25, 0.3) is 17.2 Å². The molecule has 0 aliphatic carbocycles. The number of carbonyl (C=O) groups is 1. The van der Waals surface area contributed by atoms with Crippen molar-refractivity contribution in [3.05, 3.63) is 58.5 Å². The van der Waals surface area contributed by atoms with Crippen molar-refractivity contribution in [3.8, 4) is 16.9 Å². The van der Waals surface area contributed by atoms with Crippen LogP contribution in [0.5, 0.6) is 5.75 Å². The number of ether oxygens (including phenoxy) is 1. The van der Waals surface area contributed by atoms with Gasteiger partial charge in [-0.1, -0.05) is 59.9 Å². The first kappa shape index (κ1) is 15.8. The number of hydrogen-bond donors (Lipinski definition) is 1. The molecule has 23 heavy (non-hydrogen) atoms. The molecule has 1 fully saturated rings. The molecule has 1 aliphatic heterocycles. The van der Waals surface area contributed by atoms with Crippen LogP contribution in [0, 0.1) is 6.92 Å². The summed E-state index contributed by atoms with van der Waals surface area (Å²) in [4.78, 5) is 12.4. The molecule has 3 rings (SSSR count). The highest BCUT2D eigenvalue weighted by molar-refractivity contribution is 8.26. The summed E-state index contributed by atoms with van der Waals surface area (Å²) in [5.74, 6) is 0.657. The Labute approximate surface area is 144 Å². The number of carbonyl (C=O) groups excluding carboxylic acids is 1. The zero-order valence-electron chi connectivity index (χ0n) is 12.8. The molecule has 0 bridgehead atoms. The first-order valence-electron chi connectivity index (χ1n) is 7.07. The molecule has 0 radical (unpaired) electrons. The van der Waals surface area contributed by atoms with Crippen molar-refractivity contribution in [1.29, 1.82) is 0 Å². The maximum atomic E-state index is 11.8. The fourth-order valence-electron chi connectivity index (χ4n) is 2.43. The Hall–Kier alpha value is -2.11. The van der Waals surface area contributed by atoms with E-state index in [0.29, 0.717) is 9.23 Å². The van der Waals surface area contributed by atoms with Gasteiger partial charge in [-0.2, -0.15) is 0 Å². The number of nitrogens with one attached hydrogen (secondary N) is 1. The summed E-state index contributed by atoms with van der Waals surface area (Å²) in [6, 6.07) is 14.1. The topological polar surface area (TPSA) is 38.3 Å². The SMILES string of the molecule is COc1ccc(/C=C2\SC(=S)NC2=O)cc1-c1cccc(C)c1. The van der Waals surface area contributed by atoms with Crippen molar-refractivity contribution >= 4 is 40.3 Å². The molecule has 116 valence electrons. The van der Waals surface area contributed by atoms with E-state index < -0.39 is 0 Å². The van der Waals surface area contributed by atoms with E-state index in [1.54, 1.807) is 7.11 Å². The highest BCUT2D eigenvalue weighted by Crippen LogP contribution is 2.33. The molecular formula is C18H15NO2S2. The number of hydrogen-bond acceptors (Lipinski definition) is 4. The molecular weight excluding hydrogens is 326 g/mol. The highest BCUT2D eigenvalue weighted by Gasteiger charge is 2.22. The molecule has 2 aromatic carbocycles. The highest BCUT2D eigenvalue weighted by atomic mass is 32.2. The van der Waals surface area contributed by atoms with E-state index in [9.17, 15) is 4.79 Å². The van der Waals surface area contributed by atoms with Gasteiger partial charge in [0.15, 0.2) is 0 Å². The van der Waals surface area contributed by atoms with Gasteiger partial charge >= 0.3 is 0 Å². The molecule has 0 spiro atoms. The van der Waals surface area contributed by atoms with Gasteiger partial charge in [-0.25, -0.2) is 0 Å². The predicted molar refractivity (Wildman–Crippen MR) is 99.5 cm³/mol. The smallest absolute Gasteiger partial charge is 0.263 e. The van der Waals surface area contributed by atoms with E-state index in [1.807, 2.05) is 36.4 Å². The molecule has 5 heteroatoms. The maximum Gasteiger partial charge on any atom is 0.263 e. The Morgan fingerprint density at radius 2 is 2.04 bits per heavy atom. The van der Waals surface area contributed by atoms with Crippen molar-refractivity contribution in [3.63, 3.8) is 0 Å². The Bertz CT molecular complexity index is 828. The lowest BCUT2D eigenvalue weighted by molar-refractivity contribution is -0.115. The number of amides is 1. The Kier molecular flexibility index (Phi) is 4.50. The van der Waals surface area contributed by atoms with Gasteiger partial charge < -0.3 is 10.1 Å². The number of rotatable bonds is 3. The van der Waals surface area contributed by atoms with E-state index in [1.165, 1.54) is 17.3 Å². The summed E-state index contributed by atoms with van der Waals surface area (Å²) in [5, 5.41) is 2.63. The van der Waals surface area contributed by atoms with Crippen LogP contribution >= 0.6 is 24.0 Å². The van der Waals surface area contributed by atoms with Crippen LogP contribution in [0.3, 0.4) is 0 Å². The second-order valence-electron chi connectivity index (χ2n) is 5.18. The predicted octanol–water partition coefficient (Wildman–Crippen LogP) is 4.16. The minimum atomic E-state index is -0.145. The van der Waals surface area contributed by atoms with E-state index in [-0.39, 0.29) is 5.91 Å². The lowest BCUT2D eigenvalue weighted by atomic mass is 10.00. The number of benzene rings is 2. The van der Waals surface area contributed by atoms with Crippen molar-refractivity contribution < 1.29 is 9.53 Å². The standard InChI is InChI=1S/C18H15NO2S2/c1-11-4-3-5-13(8-11)14-9-12(6-7-15(14)21-2)10-16-17(20)19-18(22)23-16/h3-10H,1-2H3,(H,19,20,22)/b16-10-. The van der Waals surface area contributed by atoms with Crippen LogP contribution in [0.1, 0.15) is 11.1 Å². The Balaban J connectivity index is 2.05. The lowest BCUT2D eigenvalue weighted by Crippen LogP contribution is -2.17. The van der Waals surface area contributed by atoms with Gasteiger partial charge in [0.25, 0.3) is 5.91 Å². The lowest BCUT2D eigenvalue weighted by Gasteiger charge is -2.10. The minimum Gasteiger partial charge on any atom is -0.496 e. The fourth-order valence-corrected chi connectivity index (χ4v) is 3.47. The molecule has 0 atom stereocenters. The minimum absolute atomic E-state index is 0.145. The second-order valence-corrected chi connectivity index (χ2v) is 6.90. The van der Waals surface area contributed by atoms with E-state index >= 15 is 0 Å². The molecule has 1 amide bonds. The Morgan fingerprint density at radius 1 is 1.22 bits per heavy atom. The van der Waals surface area contributed by atoms with Gasteiger partial charge in [-0.15, -0.1) is 0 Å². The zero-order chi connectivity index (χ0) is 16.4. The van der Waals surface area contributed by atoms with Gasteiger partial charge in [-0.05, 0) is 36.3 Å². The van der Waals surface area contributed by atoms with Crippen LogP contribution in [-0.2, 0) is 4.79 Å². The average Bonchev–Trinajstić information content (AvgIpc) is 2.85. The average molecular weight is 341 g/mol. The molecule has 1 saturated heterocycles. The van der Waals surface area contributed by atoms with Gasteiger partial charge in [0.1, 0.15) is 10.1 Å². The van der Waals surface area contributed by atoms with Crippen LogP contribution in [0.4, 0.5) is 0 Å². The number of thiocarbonyl (C=S) groups is 1. The molecule has 1 heterocycles. The Morgan fingerprint density at radius 3 is 2.70 bits per heavy atom. The molecule has 0 aromatic heterocycles. The summed E-state index contributed by atoms with van der Waals surface area (Å²) in [6.07, 6.45) is 1.85. The summed E-state index contributed by atoms with van der Waals surface area (Å²) in [5.41, 5.74) is 4.20. The van der Waals surface area contributed by atoms with Gasteiger partial charge in [0.05, 0.1) is 12.0 Å². The molecule has 1 N–H and O–H groups in total. The van der Waals surface area contributed by atoms with Crippen molar-refractivity contribution in [2.24, 2.45) is 0 Å². The summed E-state index contributed by atoms with van der Waals surface area (Å²) >= 11 is 6.30. The second kappa shape index (κ2) is 6.56. The van der Waals surface area contributed by atoms with Crippen LogP contribution < -0.4 is 10.1 Å². The zero-order valence-corrected chi connectivity index (χ0v) is 14.4. The monoisotopic (exact) mass is 341 g/mol. The van der Waals surface area contributed by atoms with Crippen LogP contribution in [-0.4, -0.2) is 17.3 Å². The van der Waals surface area contributed by atoms with Gasteiger partial charge in [0, 0.05) is 5.56 Å². The molecule has 3 nitrogen and oxygen atoms in total. The van der Waals surface area contributed by atoms with E-state index in [2.05, 4.69) is 24.4 Å². The van der Waals surface area contributed by atoms with E-state index in [4.69, 9.17) is 17.0 Å². The molecule has 0 saturated carbocycles. The maximum absolute atomic E-state index is 11.8. The third kappa shape index (κ3) is 3.46. The van der Waals surface area contributed by atoms with E-state index in [0.717, 1.165) is 22.4 Å². The number of aryl methyl sites for hydroxylation is 1. The third-order valence-corrected chi connectivity index (χ3v) is 4.66. The van der Waals surface area contributed by atoms with Crippen LogP contribution in [0.15, 0.2) is 47.4 Å². The van der Waals surface area contributed by atoms with Crippen molar-refractivity contribution in [2.75, 3.05) is 7.11 Å². The third-order valence-electron chi connectivity index (χ3n) is 3.49. The summed E-state index contributed by atoms with van der Waals surface area (Å²) < 4.78 is 5.97. The quantitative estimate of drug-likeness (QED) is 0.672. The first-order valence-corrected chi connectivity index (χ1v) is 8.29. The largest absolute Gasteiger partial charge is 0.496 e. The molecule has 2 aromatic rings. The van der Waals surface area contributed by atoms with Gasteiger partial charge in [0.2, 0.25) is 0 Å². The number of methoxy groups -OCH3 is 1. The number of thioether (sulfide) groups is 1. The van der Waals surface area contributed by atoms with Gasteiger partial charge in [-0.3, -0.25) is 4.79 Å². The fraction of sp³-hybridized carbons (Fsp3) is 0.111. The normalized spacial score (nSPS) is 15.8. The molecule has 0 unspecified atom stereocenters. The van der Waals surface area contributed by atoms with Crippen molar-refractivity contribution in [2.45, 2.75) is 6.92 Å². The summed E-state index contributed by atoms with van der Waals surface area (Å²) in [7, 11) is 1.66. The van der Waals surface area contributed by atoms with Crippen molar-refractivity contribution in [1.82, 2.24) is 5.32 Å². The van der Waals surface area contributed by atoms with Crippen LogP contribution in [0.2, 0.25) is 0 Å². The first-order chi connectivity index (χ1) is 11.1. The molecule has 1 aliphatic rings. The summed E-state index contributed by atoms with van der Waals surface area (Å²) in [6.45, 7) is 2.06.